The molecule has 0 radical (unpaired) electrons. The highest BCUT2D eigenvalue weighted by Crippen LogP contribution is 2.21. The molecule has 0 bridgehead atoms. The van der Waals surface area contributed by atoms with E-state index >= 15 is 0 Å². The molecule has 0 atom stereocenters. The Morgan fingerprint density at radius 1 is 0.741 bits per heavy atom. The average Bonchev–Trinajstić information content (AvgIpc) is 2.72. The molecule has 0 heterocycles. The maximum atomic E-state index is 5.26. The van der Waals surface area contributed by atoms with Gasteiger partial charge in [0.2, 0.25) is 0 Å². The van der Waals surface area contributed by atoms with Crippen LogP contribution in [0.4, 0.5) is 0 Å². The Hall–Kier alpha value is -3.16. The molecule has 0 N–H and O–H groups in total. The zero-order valence-electron chi connectivity index (χ0n) is 16.0. The van der Waals surface area contributed by atoms with Gasteiger partial charge in [-0.15, -0.1) is 0 Å². The topological polar surface area (TPSA) is 9.23 Å². The van der Waals surface area contributed by atoms with Crippen LogP contribution < -0.4 is 4.74 Å². The van der Waals surface area contributed by atoms with Crippen molar-refractivity contribution >= 4 is 10.8 Å². The van der Waals surface area contributed by atoms with Crippen LogP contribution in [0, 0.1) is 23.7 Å². The number of hydrogen-bond donors (Lipinski definition) is 0. The summed E-state index contributed by atoms with van der Waals surface area (Å²) in [6.07, 6.45) is 4.95. The molecule has 0 aliphatic carbocycles. The SMILES string of the molecule is CCCCCc1ccc(C#CC#Cc2ccc3cc(OC)ccc3c2)cc1. The van der Waals surface area contributed by atoms with Gasteiger partial charge in [0, 0.05) is 11.1 Å². The van der Waals surface area contributed by atoms with Crippen molar-refractivity contribution in [1.29, 1.82) is 0 Å². The normalized spacial score (nSPS) is 9.85. The van der Waals surface area contributed by atoms with Crippen LogP contribution in [0.2, 0.25) is 0 Å². The quantitative estimate of drug-likeness (QED) is 0.405. The molecule has 0 unspecified atom stereocenters. The van der Waals surface area contributed by atoms with Crippen LogP contribution in [0.1, 0.15) is 42.9 Å². The molecule has 1 heteroatoms. The summed E-state index contributed by atoms with van der Waals surface area (Å²) < 4.78 is 5.26. The number of unbranched alkanes of at least 4 members (excludes halogenated alkanes) is 2. The van der Waals surface area contributed by atoms with Crippen molar-refractivity contribution in [3.8, 4) is 29.4 Å². The molecule has 0 fully saturated rings. The fourth-order valence-corrected chi connectivity index (χ4v) is 2.97. The Morgan fingerprint density at radius 3 is 2.15 bits per heavy atom. The molecule has 3 aromatic rings. The lowest BCUT2D eigenvalue weighted by atomic mass is 10.1. The standard InChI is InChI=1S/C26H24O/c1-3-4-5-8-21-11-13-22(14-12-21)9-6-7-10-23-15-16-25-20-26(27-2)18-17-24(25)19-23/h11-20H,3-5,8H2,1-2H3. The Labute approximate surface area is 162 Å². The van der Waals surface area contributed by atoms with E-state index in [1.807, 2.05) is 24.3 Å². The van der Waals surface area contributed by atoms with Crippen molar-refractivity contribution < 1.29 is 4.74 Å². The molecule has 0 saturated heterocycles. The first-order valence-corrected chi connectivity index (χ1v) is 9.47. The van der Waals surface area contributed by atoms with Crippen molar-refractivity contribution in [2.24, 2.45) is 0 Å². The summed E-state index contributed by atoms with van der Waals surface area (Å²) in [5.41, 5.74) is 3.36. The van der Waals surface area contributed by atoms with Gasteiger partial charge in [-0.25, -0.2) is 0 Å². The second-order valence-corrected chi connectivity index (χ2v) is 6.58. The Kier molecular flexibility index (Phi) is 6.56. The highest BCUT2D eigenvalue weighted by molar-refractivity contribution is 5.85. The maximum Gasteiger partial charge on any atom is 0.119 e. The van der Waals surface area contributed by atoms with E-state index in [1.165, 1.54) is 24.8 Å². The third kappa shape index (κ3) is 5.40. The second kappa shape index (κ2) is 9.51. The maximum absolute atomic E-state index is 5.26. The Bertz CT molecular complexity index is 1020. The van der Waals surface area contributed by atoms with Crippen LogP contribution in [-0.4, -0.2) is 7.11 Å². The first-order chi connectivity index (χ1) is 13.3. The van der Waals surface area contributed by atoms with E-state index < -0.39 is 0 Å². The van der Waals surface area contributed by atoms with Gasteiger partial charge in [0.1, 0.15) is 5.75 Å². The van der Waals surface area contributed by atoms with E-state index in [4.69, 9.17) is 4.74 Å². The molecular weight excluding hydrogens is 328 g/mol. The first-order valence-electron chi connectivity index (χ1n) is 9.47. The molecule has 0 spiro atoms. The second-order valence-electron chi connectivity index (χ2n) is 6.58. The van der Waals surface area contributed by atoms with Crippen LogP contribution in [0.15, 0.2) is 60.7 Å². The molecule has 3 aromatic carbocycles. The minimum atomic E-state index is 0.864. The number of methoxy groups -OCH3 is 1. The van der Waals surface area contributed by atoms with Crippen LogP contribution in [0.25, 0.3) is 10.8 Å². The van der Waals surface area contributed by atoms with Crippen molar-refractivity contribution in [1.82, 2.24) is 0 Å². The number of fused-ring (bicyclic) bond motifs is 1. The zero-order chi connectivity index (χ0) is 18.9. The molecule has 3 rings (SSSR count). The Morgan fingerprint density at radius 2 is 1.41 bits per heavy atom. The molecule has 1 nitrogen and oxygen atoms in total. The van der Waals surface area contributed by atoms with Gasteiger partial charge in [-0.2, -0.15) is 0 Å². The molecular formula is C26H24O. The third-order valence-corrected chi connectivity index (χ3v) is 4.55. The molecule has 0 aromatic heterocycles. The third-order valence-electron chi connectivity index (χ3n) is 4.55. The van der Waals surface area contributed by atoms with E-state index in [9.17, 15) is 0 Å². The summed E-state index contributed by atoms with van der Waals surface area (Å²) in [5.74, 6) is 13.0. The molecule has 27 heavy (non-hydrogen) atoms. The van der Waals surface area contributed by atoms with Crippen molar-refractivity contribution in [3.05, 3.63) is 77.4 Å². The van der Waals surface area contributed by atoms with Gasteiger partial charge in [0.05, 0.1) is 7.11 Å². The molecule has 0 saturated carbocycles. The molecule has 0 aliphatic heterocycles. The smallest absolute Gasteiger partial charge is 0.119 e. The summed E-state index contributed by atoms with van der Waals surface area (Å²) in [5, 5.41) is 2.29. The van der Waals surface area contributed by atoms with E-state index in [1.54, 1.807) is 7.11 Å². The number of benzene rings is 3. The highest BCUT2D eigenvalue weighted by atomic mass is 16.5. The van der Waals surface area contributed by atoms with Crippen LogP contribution in [-0.2, 0) is 6.42 Å². The fourth-order valence-electron chi connectivity index (χ4n) is 2.97. The van der Waals surface area contributed by atoms with Crippen molar-refractivity contribution in [2.75, 3.05) is 7.11 Å². The van der Waals surface area contributed by atoms with Gasteiger partial charge in [0.25, 0.3) is 0 Å². The summed E-state index contributed by atoms with van der Waals surface area (Å²) in [7, 11) is 1.68. The van der Waals surface area contributed by atoms with E-state index in [0.717, 1.165) is 34.1 Å². The molecule has 134 valence electrons. The fraction of sp³-hybridized carbons (Fsp3) is 0.231. The largest absolute Gasteiger partial charge is 0.497 e. The van der Waals surface area contributed by atoms with Crippen molar-refractivity contribution in [2.45, 2.75) is 32.6 Å². The minimum Gasteiger partial charge on any atom is -0.497 e. The van der Waals surface area contributed by atoms with Gasteiger partial charge in [-0.1, -0.05) is 55.9 Å². The lowest BCUT2D eigenvalue weighted by molar-refractivity contribution is 0.415. The van der Waals surface area contributed by atoms with Crippen LogP contribution in [0.5, 0.6) is 5.75 Å². The lowest BCUT2D eigenvalue weighted by Gasteiger charge is -2.02. The van der Waals surface area contributed by atoms with Crippen molar-refractivity contribution in [3.63, 3.8) is 0 Å². The van der Waals surface area contributed by atoms with Gasteiger partial charge in [-0.3, -0.25) is 0 Å². The molecule has 0 aliphatic rings. The number of hydrogen-bond acceptors (Lipinski definition) is 1. The van der Waals surface area contributed by atoms with Gasteiger partial charge in [-0.05, 0) is 77.4 Å². The minimum absolute atomic E-state index is 0.864. The number of rotatable bonds is 5. The molecule has 0 amide bonds. The first kappa shape index (κ1) is 18.6. The van der Waals surface area contributed by atoms with Gasteiger partial charge in [0.15, 0.2) is 0 Å². The monoisotopic (exact) mass is 352 g/mol. The van der Waals surface area contributed by atoms with Crippen LogP contribution >= 0.6 is 0 Å². The zero-order valence-corrected chi connectivity index (χ0v) is 16.0. The highest BCUT2D eigenvalue weighted by Gasteiger charge is 1.97. The number of aryl methyl sites for hydroxylation is 1. The summed E-state index contributed by atoms with van der Waals surface area (Å²) >= 11 is 0. The summed E-state index contributed by atoms with van der Waals surface area (Å²) in [4.78, 5) is 0. The summed E-state index contributed by atoms with van der Waals surface area (Å²) in [6, 6.07) is 20.7. The van der Waals surface area contributed by atoms with Gasteiger partial charge < -0.3 is 4.74 Å². The van der Waals surface area contributed by atoms with E-state index in [2.05, 4.69) is 67.0 Å². The predicted octanol–water partition coefficient (Wildman–Crippen LogP) is 5.98. The number of ether oxygens (including phenoxy) is 1. The van der Waals surface area contributed by atoms with Gasteiger partial charge >= 0.3 is 0 Å². The lowest BCUT2D eigenvalue weighted by Crippen LogP contribution is -1.85. The van der Waals surface area contributed by atoms with E-state index in [0.29, 0.717) is 0 Å². The summed E-state index contributed by atoms with van der Waals surface area (Å²) in [6.45, 7) is 2.23. The Balaban J connectivity index is 1.66. The predicted molar refractivity (Wildman–Crippen MR) is 114 cm³/mol. The van der Waals surface area contributed by atoms with E-state index in [-0.39, 0.29) is 0 Å². The average molecular weight is 352 g/mol. The van der Waals surface area contributed by atoms with Crippen LogP contribution in [0.3, 0.4) is 0 Å².